The topological polar surface area (TPSA) is 100 Å². The predicted octanol–water partition coefficient (Wildman–Crippen LogP) is 2.68. The predicted molar refractivity (Wildman–Crippen MR) is 100 cm³/mol. The highest BCUT2D eigenvalue weighted by molar-refractivity contribution is 7.98. The van der Waals surface area contributed by atoms with Gasteiger partial charge in [0, 0.05) is 42.1 Å². The SMILES string of the molecule is C=C(O)c1ccn2nc(NCCCNc3ncc(SC)cn3)nc2c1. The molecule has 0 fully saturated rings. The second-order valence-corrected chi connectivity index (χ2v) is 6.13. The van der Waals surface area contributed by atoms with E-state index in [1.165, 1.54) is 0 Å². The fourth-order valence-corrected chi connectivity index (χ4v) is 2.45. The molecule has 0 atom stereocenters. The zero-order valence-corrected chi connectivity index (χ0v) is 14.6. The maximum Gasteiger partial charge on any atom is 0.243 e. The van der Waals surface area contributed by atoms with E-state index < -0.39 is 0 Å². The summed E-state index contributed by atoms with van der Waals surface area (Å²) in [7, 11) is 0. The maximum absolute atomic E-state index is 9.43. The van der Waals surface area contributed by atoms with Gasteiger partial charge in [0.1, 0.15) is 5.76 Å². The first-order valence-electron chi connectivity index (χ1n) is 7.74. The fraction of sp³-hybridized carbons (Fsp3) is 0.250. The van der Waals surface area contributed by atoms with Crippen LogP contribution in [0.4, 0.5) is 11.9 Å². The molecule has 3 heterocycles. The molecule has 3 aromatic rings. The number of anilines is 2. The third kappa shape index (κ3) is 4.38. The fourth-order valence-electron chi connectivity index (χ4n) is 2.14. The number of pyridine rings is 1. The highest BCUT2D eigenvalue weighted by Crippen LogP contribution is 2.13. The molecule has 3 aromatic heterocycles. The van der Waals surface area contributed by atoms with E-state index in [1.54, 1.807) is 47.0 Å². The van der Waals surface area contributed by atoms with Crippen molar-refractivity contribution in [2.75, 3.05) is 30.0 Å². The lowest BCUT2D eigenvalue weighted by Gasteiger charge is -2.05. The quantitative estimate of drug-likeness (QED) is 0.321. The summed E-state index contributed by atoms with van der Waals surface area (Å²) in [5, 5.41) is 20.1. The third-order valence-electron chi connectivity index (χ3n) is 3.45. The van der Waals surface area contributed by atoms with Crippen molar-refractivity contribution in [1.82, 2.24) is 24.6 Å². The van der Waals surface area contributed by atoms with Crippen molar-refractivity contribution >= 4 is 35.1 Å². The molecule has 0 aromatic carbocycles. The van der Waals surface area contributed by atoms with E-state index in [1.807, 2.05) is 6.26 Å². The number of aliphatic hydroxyl groups excluding tert-OH is 1. The minimum Gasteiger partial charge on any atom is -0.508 e. The zero-order valence-electron chi connectivity index (χ0n) is 13.8. The first kappa shape index (κ1) is 17.0. The number of nitrogens with zero attached hydrogens (tertiary/aromatic N) is 5. The number of aliphatic hydroxyl groups is 1. The van der Waals surface area contributed by atoms with Crippen LogP contribution >= 0.6 is 11.8 Å². The van der Waals surface area contributed by atoms with Crippen LogP contribution in [-0.4, -0.2) is 49.0 Å². The second-order valence-electron chi connectivity index (χ2n) is 5.25. The maximum atomic E-state index is 9.43. The highest BCUT2D eigenvalue weighted by atomic mass is 32.2. The second kappa shape index (κ2) is 7.84. The Bertz CT molecular complexity index is 863. The molecule has 0 aliphatic rings. The summed E-state index contributed by atoms with van der Waals surface area (Å²) in [6, 6.07) is 3.47. The van der Waals surface area contributed by atoms with Gasteiger partial charge >= 0.3 is 0 Å². The molecule has 0 amide bonds. The van der Waals surface area contributed by atoms with E-state index in [4.69, 9.17) is 0 Å². The molecule has 0 aliphatic carbocycles. The molecule has 0 aliphatic heterocycles. The average molecular weight is 357 g/mol. The Morgan fingerprint density at radius 2 is 1.96 bits per heavy atom. The minimum atomic E-state index is 0.0128. The summed E-state index contributed by atoms with van der Waals surface area (Å²) in [5.41, 5.74) is 1.28. The zero-order chi connectivity index (χ0) is 17.6. The molecular formula is C16H19N7OS. The Morgan fingerprint density at radius 1 is 1.24 bits per heavy atom. The Balaban J connectivity index is 1.47. The van der Waals surface area contributed by atoms with E-state index in [-0.39, 0.29) is 5.76 Å². The van der Waals surface area contributed by atoms with E-state index in [9.17, 15) is 5.11 Å². The van der Waals surface area contributed by atoms with Crippen LogP contribution in [0.2, 0.25) is 0 Å². The number of aromatic nitrogens is 5. The first-order chi connectivity index (χ1) is 12.2. The van der Waals surface area contributed by atoms with Crippen LogP contribution < -0.4 is 10.6 Å². The van der Waals surface area contributed by atoms with Crippen molar-refractivity contribution in [3.05, 3.63) is 42.9 Å². The Hall–Kier alpha value is -2.81. The molecule has 3 N–H and O–H groups in total. The monoisotopic (exact) mass is 357 g/mol. The normalized spacial score (nSPS) is 10.8. The van der Waals surface area contributed by atoms with Crippen molar-refractivity contribution in [2.24, 2.45) is 0 Å². The minimum absolute atomic E-state index is 0.0128. The van der Waals surface area contributed by atoms with Crippen molar-refractivity contribution in [1.29, 1.82) is 0 Å². The van der Waals surface area contributed by atoms with E-state index in [2.05, 4.69) is 37.3 Å². The molecule has 8 nitrogen and oxygen atoms in total. The largest absolute Gasteiger partial charge is 0.508 e. The molecule has 0 unspecified atom stereocenters. The number of nitrogens with one attached hydrogen (secondary N) is 2. The summed E-state index contributed by atoms with van der Waals surface area (Å²) in [6.45, 7) is 4.97. The van der Waals surface area contributed by atoms with E-state index in [0.29, 0.717) is 29.7 Å². The molecule has 0 spiro atoms. The van der Waals surface area contributed by atoms with E-state index in [0.717, 1.165) is 17.9 Å². The summed E-state index contributed by atoms with van der Waals surface area (Å²) < 4.78 is 1.65. The van der Waals surface area contributed by atoms with Crippen LogP contribution in [-0.2, 0) is 0 Å². The number of hydrogen-bond donors (Lipinski definition) is 3. The highest BCUT2D eigenvalue weighted by Gasteiger charge is 2.05. The molecule has 0 saturated carbocycles. The van der Waals surface area contributed by atoms with Crippen LogP contribution in [0.5, 0.6) is 0 Å². The summed E-state index contributed by atoms with van der Waals surface area (Å²) in [6.07, 6.45) is 8.19. The molecule has 0 radical (unpaired) electrons. The van der Waals surface area contributed by atoms with Gasteiger partial charge in [0.2, 0.25) is 11.9 Å². The lowest BCUT2D eigenvalue weighted by Crippen LogP contribution is -2.11. The van der Waals surface area contributed by atoms with Gasteiger partial charge in [0.05, 0.1) is 0 Å². The van der Waals surface area contributed by atoms with Gasteiger partial charge in [-0.15, -0.1) is 16.9 Å². The average Bonchev–Trinajstić information content (AvgIpc) is 3.03. The van der Waals surface area contributed by atoms with Crippen molar-refractivity contribution in [3.63, 3.8) is 0 Å². The molecule has 9 heteroatoms. The molecule has 25 heavy (non-hydrogen) atoms. The number of hydrogen-bond acceptors (Lipinski definition) is 8. The third-order valence-corrected chi connectivity index (χ3v) is 4.14. The van der Waals surface area contributed by atoms with Gasteiger partial charge in [0.15, 0.2) is 5.65 Å². The summed E-state index contributed by atoms with van der Waals surface area (Å²) in [4.78, 5) is 13.9. The molecule has 130 valence electrons. The Kier molecular flexibility index (Phi) is 5.34. The van der Waals surface area contributed by atoms with Crippen molar-refractivity contribution < 1.29 is 5.11 Å². The van der Waals surface area contributed by atoms with Gasteiger partial charge < -0.3 is 15.7 Å². The Labute approximate surface area is 149 Å². The van der Waals surface area contributed by atoms with Crippen molar-refractivity contribution in [2.45, 2.75) is 11.3 Å². The van der Waals surface area contributed by atoms with Crippen LogP contribution in [0, 0.1) is 0 Å². The summed E-state index contributed by atoms with van der Waals surface area (Å²) >= 11 is 1.61. The molecule has 0 saturated heterocycles. The van der Waals surface area contributed by atoms with Gasteiger partial charge in [-0.05, 0) is 24.8 Å². The molecule has 0 bridgehead atoms. The number of thioether (sulfide) groups is 1. The smallest absolute Gasteiger partial charge is 0.243 e. The van der Waals surface area contributed by atoms with Gasteiger partial charge in [0.25, 0.3) is 0 Å². The van der Waals surface area contributed by atoms with Gasteiger partial charge in [-0.2, -0.15) is 4.98 Å². The van der Waals surface area contributed by atoms with Crippen LogP contribution in [0.1, 0.15) is 12.0 Å². The van der Waals surface area contributed by atoms with Crippen LogP contribution in [0.25, 0.3) is 11.4 Å². The molecule has 3 rings (SSSR count). The number of fused-ring (bicyclic) bond motifs is 1. The van der Waals surface area contributed by atoms with Crippen molar-refractivity contribution in [3.8, 4) is 0 Å². The standard InChI is InChI=1S/C16H19N7OS/c1-11(24)12-4-7-23-14(8-12)21-16(22-23)18-6-3-5-17-15-19-9-13(25-2)10-20-15/h4,7-10,24H,1,3,5-6H2,2H3,(H,18,22)(H,17,19,20). The molecular weight excluding hydrogens is 338 g/mol. The summed E-state index contributed by atoms with van der Waals surface area (Å²) in [5.74, 6) is 1.18. The van der Waals surface area contributed by atoms with Gasteiger partial charge in [-0.1, -0.05) is 6.58 Å². The van der Waals surface area contributed by atoms with E-state index >= 15 is 0 Å². The van der Waals surface area contributed by atoms with Gasteiger partial charge in [-0.3, -0.25) is 0 Å². The van der Waals surface area contributed by atoms with Crippen LogP contribution in [0.15, 0.2) is 42.2 Å². The number of rotatable bonds is 8. The van der Waals surface area contributed by atoms with Crippen LogP contribution in [0.3, 0.4) is 0 Å². The lowest BCUT2D eigenvalue weighted by atomic mass is 10.2. The Morgan fingerprint density at radius 3 is 2.64 bits per heavy atom. The van der Waals surface area contributed by atoms with Gasteiger partial charge in [-0.25, -0.2) is 14.5 Å². The first-order valence-corrected chi connectivity index (χ1v) is 8.96. The lowest BCUT2D eigenvalue weighted by molar-refractivity contribution is 0.513.